The Morgan fingerprint density at radius 1 is 1.17 bits per heavy atom. The van der Waals surface area contributed by atoms with Gasteiger partial charge in [-0.2, -0.15) is 5.10 Å². The van der Waals surface area contributed by atoms with Crippen LogP contribution in [0.3, 0.4) is 0 Å². The molecule has 1 amide bonds. The van der Waals surface area contributed by atoms with Crippen LogP contribution in [0.25, 0.3) is 5.69 Å². The number of carbonyl (C=O) groups is 2. The molecule has 0 aliphatic heterocycles. The third-order valence-electron chi connectivity index (χ3n) is 3.72. The van der Waals surface area contributed by atoms with E-state index < -0.39 is 0 Å². The van der Waals surface area contributed by atoms with Crippen LogP contribution in [0.2, 0.25) is 0 Å². The van der Waals surface area contributed by atoms with E-state index >= 15 is 0 Å². The molecule has 0 saturated heterocycles. The van der Waals surface area contributed by atoms with Crippen molar-refractivity contribution in [3.63, 3.8) is 0 Å². The van der Waals surface area contributed by atoms with Crippen molar-refractivity contribution in [1.29, 1.82) is 0 Å². The Morgan fingerprint density at radius 2 is 1.92 bits per heavy atom. The van der Waals surface area contributed by atoms with Gasteiger partial charge in [-0.15, -0.1) is 0 Å². The quantitative estimate of drug-likeness (QED) is 0.723. The van der Waals surface area contributed by atoms with E-state index in [-0.39, 0.29) is 11.7 Å². The van der Waals surface area contributed by atoms with Crippen molar-refractivity contribution in [3.8, 4) is 5.69 Å². The number of nitrogens with zero attached hydrogens (tertiary/aromatic N) is 2. The second-order valence-corrected chi connectivity index (χ2v) is 5.67. The molecule has 0 spiro atoms. The zero-order valence-corrected chi connectivity index (χ0v) is 13.8. The summed E-state index contributed by atoms with van der Waals surface area (Å²) in [6.45, 7) is 5.35. The Labute approximate surface area is 139 Å². The first-order valence-electron chi connectivity index (χ1n) is 7.59. The molecular formula is C18H18N4O2. The topological polar surface area (TPSA) is 79.8 Å². The maximum atomic E-state index is 12.4. The Balaban J connectivity index is 1.91. The number of hydrogen-bond acceptors (Lipinski definition) is 3. The average molecular weight is 322 g/mol. The Bertz CT molecular complexity index is 921. The van der Waals surface area contributed by atoms with Crippen LogP contribution in [0, 0.1) is 13.8 Å². The predicted octanol–water partition coefficient (Wildman–Crippen LogP) is 3.27. The molecule has 2 aromatic heterocycles. The lowest BCUT2D eigenvalue weighted by atomic mass is 10.2. The molecule has 0 radical (unpaired) electrons. The van der Waals surface area contributed by atoms with Crippen molar-refractivity contribution < 1.29 is 9.59 Å². The van der Waals surface area contributed by atoms with Crippen molar-refractivity contribution in [3.05, 3.63) is 65.2 Å². The Morgan fingerprint density at radius 3 is 2.54 bits per heavy atom. The van der Waals surface area contributed by atoms with Gasteiger partial charge in [0.2, 0.25) is 0 Å². The van der Waals surface area contributed by atoms with Gasteiger partial charge in [0.1, 0.15) is 5.69 Å². The summed E-state index contributed by atoms with van der Waals surface area (Å²) in [6.07, 6.45) is 1.53. The summed E-state index contributed by atoms with van der Waals surface area (Å²) < 4.78 is 1.79. The van der Waals surface area contributed by atoms with E-state index in [2.05, 4.69) is 15.4 Å². The first-order valence-corrected chi connectivity index (χ1v) is 7.59. The number of nitrogens with one attached hydrogen (secondary N) is 2. The number of amides is 1. The molecule has 0 saturated carbocycles. The highest BCUT2D eigenvalue weighted by molar-refractivity contribution is 6.06. The number of para-hydroxylation sites is 2. The van der Waals surface area contributed by atoms with Crippen LogP contribution in [-0.2, 0) is 0 Å². The second-order valence-electron chi connectivity index (χ2n) is 5.67. The molecule has 6 nitrogen and oxygen atoms in total. The predicted molar refractivity (Wildman–Crippen MR) is 91.8 cm³/mol. The minimum absolute atomic E-state index is 0.0895. The molecular weight excluding hydrogens is 304 g/mol. The van der Waals surface area contributed by atoms with Gasteiger partial charge in [-0.05, 0) is 45.0 Å². The lowest BCUT2D eigenvalue weighted by Crippen LogP contribution is -2.14. The maximum Gasteiger partial charge on any atom is 0.272 e. The van der Waals surface area contributed by atoms with Crippen LogP contribution in [-0.4, -0.2) is 26.5 Å². The van der Waals surface area contributed by atoms with Crippen molar-refractivity contribution in [2.45, 2.75) is 20.8 Å². The van der Waals surface area contributed by atoms with Crippen LogP contribution in [0.1, 0.15) is 39.2 Å². The van der Waals surface area contributed by atoms with Gasteiger partial charge in [0.15, 0.2) is 5.78 Å². The summed E-state index contributed by atoms with van der Waals surface area (Å²) >= 11 is 0. The fourth-order valence-corrected chi connectivity index (χ4v) is 2.56. The summed E-state index contributed by atoms with van der Waals surface area (Å²) in [7, 11) is 0. The molecule has 0 bridgehead atoms. The number of aromatic amines is 1. The molecule has 2 heterocycles. The molecule has 6 heteroatoms. The van der Waals surface area contributed by atoms with E-state index in [9.17, 15) is 9.59 Å². The van der Waals surface area contributed by atoms with E-state index in [4.69, 9.17) is 0 Å². The third kappa shape index (κ3) is 2.99. The number of rotatable bonds is 4. The normalized spacial score (nSPS) is 10.6. The summed E-state index contributed by atoms with van der Waals surface area (Å²) in [4.78, 5) is 26.6. The van der Waals surface area contributed by atoms with Crippen LogP contribution >= 0.6 is 0 Å². The molecule has 1 aromatic carbocycles. The number of ketones is 1. The number of benzene rings is 1. The number of anilines is 1. The summed E-state index contributed by atoms with van der Waals surface area (Å²) in [5.41, 5.74) is 4.13. The summed E-state index contributed by atoms with van der Waals surface area (Å²) in [5.74, 6) is -0.398. The summed E-state index contributed by atoms with van der Waals surface area (Å²) in [6, 6.07) is 11.0. The van der Waals surface area contributed by atoms with Gasteiger partial charge in [-0.3, -0.25) is 9.59 Å². The van der Waals surface area contributed by atoms with Crippen molar-refractivity contribution in [2.24, 2.45) is 0 Å². The molecule has 2 N–H and O–H groups in total. The summed E-state index contributed by atoms with van der Waals surface area (Å²) in [5, 5.41) is 7.33. The number of hydrogen-bond donors (Lipinski definition) is 2. The number of carbonyl (C=O) groups excluding carboxylic acids is 2. The van der Waals surface area contributed by atoms with Crippen LogP contribution in [0.5, 0.6) is 0 Å². The number of H-pyrrole nitrogens is 1. The van der Waals surface area contributed by atoms with Gasteiger partial charge < -0.3 is 10.3 Å². The maximum absolute atomic E-state index is 12.4. The van der Waals surface area contributed by atoms with Crippen LogP contribution < -0.4 is 5.32 Å². The van der Waals surface area contributed by atoms with E-state index in [1.165, 1.54) is 13.1 Å². The van der Waals surface area contributed by atoms with Crippen molar-refractivity contribution >= 4 is 17.4 Å². The first-order chi connectivity index (χ1) is 11.5. The zero-order valence-electron chi connectivity index (χ0n) is 13.8. The lowest BCUT2D eigenvalue weighted by Gasteiger charge is -2.12. The number of aryl methyl sites for hydroxylation is 2. The lowest BCUT2D eigenvalue weighted by molar-refractivity contribution is 0.101. The second kappa shape index (κ2) is 6.16. The van der Waals surface area contributed by atoms with E-state index in [1.54, 1.807) is 10.7 Å². The molecule has 24 heavy (non-hydrogen) atoms. The van der Waals surface area contributed by atoms with Gasteiger partial charge >= 0.3 is 0 Å². The largest absolute Gasteiger partial charge is 0.356 e. The SMILES string of the molecule is CC(=O)c1c[nH]c(C(=O)Nc2ccccc2-n2nc(C)cc2C)c1. The van der Waals surface area contributed by atoms with Gasteiger partial charge in [0, 0.05) is 17.5 Å². The smallest absolute Gasteiger partial charge is 0.272 e. The molecule has 3 aromatic rings. The minimum atomic E-state index is -0.309. The van der Waals surface area contributed by atoms with E-state index in [0.29, 0.717) is 16.9 Å². The van der Waals surface area contributed by atoms with Crippen molar-refractivity contribution in [1.82, 2.24) is 14.8 Å². The molecule has 122 valence electrons. The van der Waals surface area contributed by atoms with Gasteiger partial charge in [0.05, 0.1) is 17.1 Å². The Hall–Kier alpha value is -3.15. The fourth-order valence-electron chi connectivity index (χ4n) is 2.56. The molecule has 3 rings (SSSR count). The third-order valence-corrected chi connectivity index (χ3v) is 3.72. The number of Topliss-reactive ketones (excluding diaryl/α,β-unsaturated/α-hetero) is 1. The van der Waals surface area contributed by atoms with Crippen LogP contribution in [0.15, 0.2) is 42.6 Å². The van der Waals surface area contributed by atoms with E-state index in [0.717, 1.165) is 17.1 Å². The highest BCUT2D eigenvalue weighted by Crippen LogP contribution is 2.22. The Kier molecular flexibility index (Phi) is 4.04. The van der Waals surface area contributed by atoms with Crippen LogP contribution in [0.4, 0.5) is 5.69 Å². The van der Waals surface area contributed by atoms with Crippen molar-refractivity contribution in [2.75, 3.05) is 5.32 Å². The average Bonchev–Trinajstić information content (AvgIpc) is 3.15. The highest BCUT2D eigenvalue weighted by Gasteiger charge is 2.14. The number of aromatic nitrogens is 3. The van der Waals surface area contributed by atoms with Gasteiger partial charge in [0.25, 0.3) is 5.91 Å². The molecule has 0 aliphatic rings. The fraction of sp³-hybridized carbons (Fsp3) is 0.167. The minimum Gasteiger partial charge on any atom is -0.356 e. The standard InChI is InChI=1S/C18H18N4O2/c1-11-8-12(2)22(21-11)17-7-5-4-6-15(17)20-18(24)16-9-14(10-19-16)13(3)23/h4-10,19H,1-3H3,(H,20,24). The van der Waals surface area contributed by atoms with E-state index in [1.807, 2.05) is 44.2 Å². The zero-order chi connectivity index (χ0) is 17.3. The van der Waals surface area contributed by atoms with Gasteiger partial charge in [-0.25, -0.2) is 4.68 Å². The molecule has 0 fully saturated rings. The first kappa shape index (κ1) is 15.7. The molecule has 0 aliphatic carbocycles. The van der Waals surface area contributed by atoms with Gasteiger partial charge in [-0.1, -0.05) is 12.1 Å². The molecule has 0 atom stereocenters. The highest BCUT2D eigenvalue weighted by atomic mass is 16.2. The molecule has 0 unspecified atom stereocenters. The monoisotopic (exact) mass is 322 g/mol.